The molecule has 0 fully saturated rings. The van der Waals surface area contributed by atoms with Gasteiger partial charge < -0.3 is 13.9 Å². The molecular weight excluding hydrogens is 538 g/mol. The molecule has 0 atom stereocenters. The van der Waals surface area contributed by atoms with Crippen molar-refractivity contribution in [2.45, 2.75) is 5.22 Å². The summed E-state index contributed by atoms with van der Waals surface area (Å²) in [5.74, 6) is -0.318. The highest BCUT2D eigenvalue weighted by molar-refractivity contribution is 9.10. The minimum absolute atomic E-state index is 0.0403. The summed E-state index contributed by atoms with van der Waals surface area (Å²) in [6.45, 7) is 0. The average Bonchev–Trinajstić information content (AvgIpc) is 3.43. The number of non-ortho nitro benzene ring substituents is 1. The third kappa shape index (κ3) is 5.33. The second-order valence-corrected chi connectivity index (χ2v) is 8.70. The summed E-state index contributed by atoms with van der Waals surface area (Å²) in [6, 6.07) is 14.2. The van der Waals surface area contributed by atoms with E-state index < -0.39 is 10.9 Å². The topological polar surface area (TPSA) is 132 Å². The van der Waals surface area contributed by atoms with E-state index in [0.29, 0.717) is 26.4 Å². The van der Waals surface area contributed by atoms with Crippen molar-refractivity contribution in [3.05, 3.63) is 84.9 Å². The van der Waals surface area contributed by atoms with E-state index in [1.165, 1.54) is 24.3 Å². The Morgan fingerprint density at radius 1 is 1.12 bits per heavy atom. The number of carboxylic acid groups (broad SMARTS) is 1. The van der Waals surface area contributed by atoms with E-state index in [2.05, 4.69) is 26.1 Å². The number of furan rings is 1. The Morgan fingerprint density at radius 2 is 1.88 bits per heavy atom. The summed E-state index contributed by atoms with van der Waals surface area (Å²) in [4.78, 5) is 22.0. The van der Waals surface area contributed by atoms with E-state index in [1.54, 1.807) is 36.4 Å². The van der Waals surface area contributed by atoms with Crippen LogP contribution in [0.25, 0.3) is 28.9 Å². The molecule has 2 aromatic heterocycles. The van der Waals surface area contributed by atoms with Crippen molar-refractivity contribution in [3.8, 4) is 22.8 Å². The van der Waals surface area contributed by atoms with Crippen molar-refractivity contribution in [2.24, 2.45) is 0 Å². The van der Waals surface area contributed by atoms with E-state index in [-0.39, 0.29) is 27.5 Å². The molecule has 0 spiro atoms. The van der Waals surface area contributed by atoms with Gasteiger partial charge in [0, 0.05) is 38.8 Å². The molecule has 33 heavy (non-hydrogen) atoms. The van der Waals surface area contributed by atoms with Crippen molar-refractivity contribution in [2.75, 3.05) is 0 Å². The molecule has 0 bridgehead atoms. The largest absolute Gasteiger partial charge is 0.477 e. The molecule has 0 aliphatic heterocycles. The van der Waals surface area contributed by atoms with Crippen LogP contribution in [0.2, 0.25) is 5.02 Å². The molecule has 2 aromatic carbocycles. The van der Waals surface area contributed by atoms with Crippen LogP contribution in [-0.2, 0) is 4.79 Å². The maximum absolute atomic E-state index is 11.7. The van der Waals surface area contributed by atoms with E-state index in [1.807, 2.05) is 0 Å². The van der Waals surface area contributed by atoms with Crippen molar-refractivity contribution in [3.63, 3.8) is 0 Å². The Hall–Kier alpha value is -3.41. The normalized spacial score (nSPS) is 11.5. The first-order valence-corrected chi connectivity index (χ1v) is 11.1. The highest BCUT2D eigenvalue weighted by Crippen LogP contribution is 2.34. The minimum atomic E-state index is -1.21. The number of benzene rings is 2. The van der Waals surface area contributed by atoms with Gasteiger partial charge in [0.1, 0.15) is 16.4 Å². The Morgan fingerprint density at radius 3 is 2.55 bits per heavy atom. The highest BCUT2D eigenvalue weighted by atomic mass is 79.9. The summed E-state index contributed by atoms with van der Waals surface area (Å²) in [5, 5.41) is 28.9. The number of nitro groups is 1. The van der Waals surface area contributed by atoms with Gasteiger partial charge in [0.25, 0.3) is 10.9 Å². The van der Waals surface area contributed by atoms with Gasteiger partial charge in [0.15, 0.2) is 0 Å². The van der Waals surface area contributed by atoms with Crippen molar-refractivity contribution < 1.29 is 23.7 Å². The smallest absolute Gasteiger partial charge is 0.342 e. The molecule has 9 nitrogen and oxygen atoms in total. The predicted octanol–water partition coefficient (Wildman–Crippen LogP) is 6.54. The zero-order chi connectivity index (χ0) is 23.5. The molecule has 4 rings (SSSR count). The number of hydrogen-bond acceptors (Lipinski definition) is 8. The maximum atomic E-state index is 11.7. The van der Waals surface area contributed by atoms with E-state index >= 15 is 0 Å². The van der Waals surface area contributed by atoms with E-state index in [0.717, 1.165) is 11.8 Å². The third-order valence-electron chi connectivity index (χ3n) is 4.23. The molecule has 0 aliphatic rings. The molecule has 0 radical (unpaired) electrons. The molecule has 0 amide bonds. The Kier molecular flexibility index (Phi) is 6.63. The second kappa shape index (κ2) is 9.61. The SMILES string of the molecule is O=C(O)/C(=C/c1ccc(-c2ccc([N+](=O)[O-])cc2Br)o1)Sc1nnc(-c2ccc(Cl)cc2)o1. The number of nitrogens with zero attached hydrogens (tertiary/aromatic N) is 3. The number of aliphatic carboxylic acids is 1. The monoisotopic (exact) mass is 547 g/mol. The zero-order valence-corrected chi connectivity index (χ0v) is 19.4. The Labute approximate surface area is 203 Å². The summed E-state index contributed by atoms with van der Waals surface area (Å²) in [5.41, 5.74) is 1.15. The van der Waals surface area contributed by atoms with Crippen LogP contribution in [0.1, 0.15) is 5.76 Å². The number of thioether (sulfide) groups is 1. The molecule has 0 saturated heterocycles. The molecule has 0 unspecified atom stereocenters. The van der Waals surface area contributed by atoms with Gasteiger partial charge in [-0.3, -0.25) is 10.1 Å². The van der Waals surface area contributed by atoms with Gasteiger partial charge in [-0.25, -0.2) is 4.79 Å². The van der Waals surface area contributed by atoms with Crippen LogP contribution in [0, 0.1) is 10.1 Å². The Balaban J connectivity index is 1.56. The molecule has 12 heteroatoms. The fraction of sp³-hybridized carbons (Fsp3) is 0. The van der Waals surface area contributed by atoms with Crippen LogP contribution < -0.4 is 0 Å². The first kappa shape index (κ1) is 22.8. The van der Waals surface area contributed by atoms with Crippen molar-refractivity contribution in [1.29, 1.82) is 0 Å². The number of halogens is 2. The minimum Gasteiger partial charge on any atom is -0.477 e. The third-order valence-corrected chi connectivity index (χ3v) is 5.99. The lowest BCUT2D eigenvalue weighted by molar-refractivity contribution is -0.384. The van der Waals surface area contributed by atoms with Gasteiger partial charge >= 0.3 is 5.97 Å². The quantitative estimate of drug-likeness (QED) is 0.118. The summed E-state index contributed by atoms with van der Waals surface area (Å²) >= 11 is 9.94. The number of nitro benzene ring substituents is 1. The molecule has 4 aromatic rings. The molecule has 0 saturated carbocycles. The lowest BCUT2D eigenvalue weighted by atomic mass is 10.1. The first-order chi connectivity index (χ1) is 15.8. The van der Waals surface area contributed by atoms with Gasteiger partial charge in [-0.15, -0.1) is 10.2 Å². The molecule has 0 aliphatic carbocycles. The number of hydrogen-bond donors (Lipinski definition) is 1. The standard InChI is InChI=1S/C21H11BrClN3O6S/c22-16-9-13(26(29)30)5-7-15(16)17-8-6-14(31-17)10-18(20(27)28)33-21-25-24-19(32-21)11-1-3-12(23)4-2-11/h1-10H,(H,27,28)/b18-10-. The molecule has 2 heterocycles. The van der Waals surface area contributed by atoms with Crippen LogP contribution in [0.3, 0.4) is 0 Å². The fourth-order valence-corrected chi connectivity index (χ4v) is 4.05. The summed E-state index contributed by atoms with van der Waals surface area (Å²) in [6.07, 6.45) is 1.32. The number of aromatic nitrogens is 2. The summed E-state index contributed by atoms with van der Waals surface area (Å²) < 4.78 is 11.7. The van der Waals surface area contributed by atoms with Crippen molar-refractivity contribution in [1.82, 2.24) is 10.2 Å². The number of carboxylic acids is 1. The van der Waals surface area contributed by atoms with Crippen LogP contribution in [0.5, 0.6) is 0 Å². The number of rotatable bonds is 7. The van der Waals surface area contributed by atoms with Gasteiger partial charge in [0.05, 0.1) is 4.92 Å². The lowest BCUT2D eigenvalue weighted by Crippen LogP contribution is -1.96. The van der Waals surface area contributed by atoms with Gasteiger partial charge in [0.2, 0.25) is 5.89 Å². The lowest BCUT2D eigenvalue weighted by Gasteiger charge is -2.01. The maximum Gasteiger partial charge on any atom is 0.342 e. The van der Waals surface area contributed by atoms with E-state index in [4.69, 9.17) is 20.4 Å². The Bertz CT molecular complexity index is 1380. The van der Waals surface area contributed by atoms with Crippen LogP contribution in [0.4, 0.5) is 5.69 Å². The molecule has 166 valence electrons. The van der Waals surface area contributed by atoms with Gasteiger partial charge in [-0.1, -0.05) is 11.6 Å². The van der Waals surface area contributed by atoms with Gasteiger partial charge in [-0.2, -0.15) is 0 Å². The van der Waals surface area contributed by atoms with Crippen molar-refractivity contribution >= 4 is 57.0 Å². The average molecular weight is 549 g/mol. The first-order valence-electron chi connectivity index (χ1n) is 9.06. The van der Waals surface area contributed by atoms with Crippen LogP contribution in [0.15, 0.2) is 78.0 Å². The summed E-state index contributed by atoms with van der Waals surface area (Å²) in [7, 11) is 0. The zero-order valence-electron chi connectivity index (χ0n) is 16.3. The van der Waals surface area contributed by atoms with Crippen LogP contribution >= 0.6 is 39.3 Å². The van der Waals surface area contributed by atoms with Crippen LogP contribution in [-0.4, -0.2) is 26.2 Å². The second-order valence-electron chi connectivity index (χ2n) is 6.42. The number of carbonyl (C=O) groups is 1. The van der Waals surface area contributed by atoms with Gasteiger partial charge in [-0.05, 0) is 70.2 Å². The van der Waals surface area contributed by atoms with E-state index in [9.17, 15) is 20.0 Å². The molecule has 1 N–H and O–H groups in total. The highest BCUT2D eigenvalue weighted by Gasteiger charge is 2.18. The molecular formula is C21H11BrClN3O6S. The predicted molar refractivity (Wildman–Crippen MR) is 125 cm³/mol. The fourth-order valence-electron chi connectivity index (χ4n) is 2.71.